The molecular weight excluding hydrogens is 272 g/mol. The van der Waals surface area contributed by atoms with Crippen LogP contribution in [-0.4, -0.2) is 16.1 Å². The number of hydrogen-bond acceptors (Lipinski definition) is 2. The van der Waals surface area contributed by atoms with Crippen LogP contribution in [0.25, 0.3) is 0 Å². The van der Waals surface area contributed by atoms with Crippen molar-refractivity contribution in [3.8, 4) is 0 Å². The van der Waals surface area contributed by atoms with Gasteiger partial charge >= 0.3 is 6.09 Å². The molecule has 0 heterocycles. The summed E-state index contributed by atoms with van der Waals surface area (Å²) in [5.41, 5.74) is 0.861. The van der Waals surface area contributed by atoms with E-state index in [2.05, 4.69) is 4.99 Å². The monoisotopic (exact) mass is 279 g/mol. The average molecular weight is 281 g/mol. The average Bonchev–Trinajstić information content (AvgIpc) is 2.24. The normalized spacial score (nSPS) is 11.7. The highest BCUT2D eigenvalue weighted by atomic mass is 35.6. The molecule has 1 aromatic carbocycles. The van der Waals surface area contributed by atoms with E-state index in [4.69, 9.17) is 39.5 Å². The fourth-order valence-corrected chi connectivity index (χ4v) is 1.03. The maximum Gasteiger partial charge on any atom is 0.433 e. The lowest BCUT2D eigenvalue weighted by molar-refractivity contribution is 0.151. The van der Waals surface area contributed by atoms with Crippen LogP contribution >= 0.6 is 34.8 Å². The Morgan fingerprint density at radius 3 is 2.50 bits per heavy atom. The van der Waals surface area contributed by atoms with Crippen LogP contribution in [0.15, 0.2) is 35.3 Å². The Bertz CT molecular complexity index is 373. The minimum atomic E-state index is -1.69. The first kappa shape index (κ1) is 13.3. The number of hydrogen-bond donors (Lipinski definition) is 0. The van der Waals surface area contributed by atoms with Crippen molar-refractivity contribution in [2.75, 3.05) is 0 Å². The van der Waals surface area contributed by atoms with E-state index in [0.717, 1.165) is 11.8 Å². The summed E-state index contributed by atoms with van der Waals surface area (Å²) in [6.07, 6.45) is 0.0977. The Morgan fingerprint density at radius 1 is 1.31 bits per heavy atom. The molecule has 1 rings (SSSR count). The first-order valence-electron chi connectivity index (χ1n) is 4.30. The van der Waals surface area contributed by atoms with Crippen molar-refractivity contribution in [2.24, 2.45) is 4.99 Å². The molecule has 0 N–H and O–H groups in total. The summed E-state index contributed by atoms with van der Waals surface area (Å²) in [6, 6.07) is 9.20. The van der Waals surface area contributed by atoms with Crippen LogP contribution in [0.2, 0.25) is 0 Å². The number of nitrogens with zero attached hydrogens (tertiary/aromatic N) is 1. The topological polar surface area (TPSA) is 38.7 Å². The number of rotatable bonds is 2. The van der Waals surface area contributed by atoms with Crippen LogP contribution in [0, 0.1) is 0 Å². The van der Waals surface area contributed by atoms with Crippen molar-refractivity contribution in [1.82, 2.24) is 0 Å². The molecule has 3 nitrogen and oxygen atoms in total. The lowest BCUT2D eigenvalue weighted by Crippen LogP contribution is -2.07. The Balaban J connectivity index is 2.40. The third kappa shape index (κ3) is 5.95. The van der Waals surface area contributed by atoms with Gasteiger partial charge in [0.2, 0.25) is 3.79 Å². The zero-order valence-electron chi connectivity index (χ0n) is 8.07. The van der Waals surface area contributed by atoms with Crippen molar-refractivity contribution in [3.63, 3.8) is 0 Å². The Morgan fingerprint density at radius 2 is 1.94 bits per heavy atom. The molecule has 0 radical (unpaired) electrons. The van der Waals surface area contributed by atoms with E-state index in [0.29, 0.717) is 0 Å². The van der Waals surface area contributed by atoms with Gasteiger partial charge in [-0.3, -0.25) is 0 Å². The third-order valence-corrected chi connectivity index (χ3v) is 1.81. The van der Waals surface area contributed by atoms with Crippen LogP contribution in [0.3, 0.4) is 0 Å². The Kier molecular flexibility index (Phi) is 5.06. The first-order chi connectivity index (χ1) is 7.47. The highest BCUT2D eigenvalue weighted by Gasteiger charge is 2.16. The zero-order chi connectivity index (χ0) is 12.0. The number of benzene rings is 1. The van der Waals surface area contributed by atoms with Gasteiger partial charge in [-0.1, -0.05) is 65.1 Å². The van der Waals surface area contributed by atoms with Gasteiger partial charge < -0.3 is 4.74 Å². The van der Waals surface area contributed by atoms with Gasteiger partial charge in [-0.25, -0.2) is 4.79 Å². The lowest BCUT2D eigenvalue weighted by Gasteiger charge is -2.03. The van der Waals surface area contributed by atoms with Gasteiger partial charge in [0.05, 0.1) is 6.21 Å². The summed E-state index contributed by atoms with van der Waals surface area (Å²) >= 11 is 16.1. The van der Waals surface area contributed by atoms with Gasteiger partial charge in [0.15, 0.2) is 0 Å². The second kappa shape index (κ2) is 6.09. The second-order valence-electron chi connectivity index (χ2n) is 2.84. The lowest BCUT2D eigenvalue weighted by atomic mass is 10.2. The van der Waals surface area contributed by atoms with Crippen LogP contribution in [0.1, 0.15) is 5.56 Å². The largest absolute Gasteiger partial charge is 0.443 e. The Labute approximate surface area is 108 Å². The molecule has 0 spiro atoms. The van der Waals surface area contributed by atoms with Crippen LogP contribution in [0.5, 0.6) is 0 Å². The van der Waals surface area contributed by atoms with Crippen molar-refractivity contribution >= 4 is 47.1 Å². The molecule has 0 aliphatic rings. The molecule has 0 bridgehead atoms. The molecule has 1 aromatic rings. The third-order valence-electron chi connectivity index (χ3n) is 1.52. The number of carbonyl (C=O) groups is 1. The van der Waals surface area contributed by atoms with Crippen molar-refractivity contribution in [3.05, 3.63) is 35.9 Å². The molecule has 1 amide bonds. The molecule has 0 aliphatic carbocycles. The number of carbonyl (C=O) groups excluding carboxylic acids is 1. The molecule has 0 aliphatic heterocycles. The number of ether oxygens (including phenoxy) is 1. The summed E-state index contributed by atoms with van der Waals surface area (Å²) in [6.45, 7) is 0.136. The number of aliphatic imine (C=N–C) groups is 1. The fourth-order valence-electron chi connectivity index (χ4n) is 0.882. The predicted octanol–water partition coefficient (Wildman–Crippen LogP) is 3.76. The molecule has 0 unspecified atom stereocenters. The first-order valence-corrected chi connectivity index (χ1v) is 5.43. The summed E-state index contributed by atoms with van der Waals surface area (Å²) < 4.78 is 3.12. The summed E-state index contributed by atoms with van der Waals surface area (Å²) in [5.74, 6) is 0. The quantitative estimate of drug-likeness (QED) is 0.611. The maximum atomic E-state index is 11.1. The van der Waals surface area contributed by atoms with E-state index in [1.165, 1.54) is 0 Å². The molecule has 0 saturated carbocycles. The number of halogens is 3. The van der Waals surface area contributed by atoms with Crippen molar-refractivity contribution < 1.29 is 9.53 Å². The highest BCUT2D eigenvalue weighted by Crippen LogP contribution is 2.22. The summed E-state index contributed by atoms with van der Waals surface area (Å²) in [7, 11) is 0. The van der Waals surface area contributed by atoms with E-state index < -0.39 is 9.89 Å². The van der Waals surface area contributed by atoms with Gasteiger partial charge in [0, 0.05) is 0 Å². The molecule has 0 fully saturated rings. The molecule has 0 saturated heterocycles. The summed E-state index contributed by atoms with van der Waals surface area (Å²) in [4.78, 5) is 14.4. The second-order valence-corrected chi connectivity index (χ2v) is 5.21. The van der Waals surface area contributed by atoms with Crippen LogP contribution in [-0.2, 0) is 11.3 Å². The van der Waals surface area contributed by atoms with E-state index in [1.807, 2.05) is 30.3 Å². The van der Waals surface area contributed by atoms with E-state index in [9.17, 15) is 4.79 Å². The molecule has 16 heavy (non-hydrogen) atoms. The SMILES string of the molecule is O=C(/N=C/C(Cl)(Cl)Cl)OCc1ccccc1. The van der Waals surface area contributed by atoms with Gasteiger partial charge in [-0.2, -0.15) is 4.99 Å². The molecule has 0 aromatic heterocycles. The van der Waals surface area contributed by atoms with Crippen LogP contribution in [0.4, 0.5) is 4.79 Å². The van der Waals surface area contributed by atoms with Crippen molar-refractivity contribution in [2.45, 2.75) is 10.4 Å². The van der Waals surface area contributed by atoms with Gasteiger partial charge in [0.25, 0.3) is 0 Å². The highest BCUT2D eigenvalue weighted by molar-refractivity contribution is 6.74. The van der Waals surface area contributed by atoms with Gasteiger partial charge in [-0.05, 0) is 5.56 Å². The van der Waals surface area contributed by atoms with Gasteiger partial charge in [0.1, 0.15) is 6.61 Å². The summed E-state index contributed by atoms with van der Waals surface area (Å²) in [5, 5.41) is 0. The zero-order valence-corrected chi connectivity index (χ0v) is 10.3. The van der Waals surface area contributed by atoms with Crippen LogP contribution < -0.4 is 0 Å². The standard InChI is InChI=1S/C10H8Cl3NO2/c11-10(12,13)7-14-9(15)16-6-8-4-2-1-3-5-8/h1-5,7H,6H2/b14-7+. The van der Waals surface area contributed by atoms with Crippen molar-refractivity contribution in [1.29, 1.82) is 0 Å². The molecule has 0 atom stereocenters. The minimum Gasteiger partial charge on any atom is -0.443 e. The Hall–Kier alpha value is -0.770. The molecule has 6 heteroatoms. The predicted molar refractivity (Wildman–Crippen MR) is 65.4 cm³/mol. The minimum absolute atomic E-state index is 0.136. The molecular formula is C10H8Cl3NO2. The van der Waals surface area contributed by atoms with E-state index in [1.54, 1.807) is 0 Å². The number of alkyl halides is 3. The molecule has 86 valence electrons. The smallest absolute Gasteiger partial charge is 0.433 e. The van der Waals surface area contributed by atoms with Gasteiger partial charge in [-0.15, -0.1) is 0 Å². The maximum absolute atomic E-state index is 11.1. The van der Waals surface area contributed by atoms with E-state index in [-0.39, 0.29) is 6.61 Å². The fraction of sp³-hybridized carbons (Fsp3) is 0.200. The number of amides is 1. The van der Waals surface area contributed by atoms with E-state index >= 15 is 0 Å².